The van der Waals surface area contributed by atoms with E-state index < -0.39 is 0 Å². The number of benzene rings is 2. The van der Waals surface area contributed by atoms with Crippen molar-refractivity contribution in [2.24, 2.45) is 5.73 Å². The summed E-state index contributed by atoms with van der Waals surface area (Å²) in [6, 6.07) is 12.7. The maximum Gasteiger partial charge on any atom is 0.125 e. The number of methoxy groups -OCH3 is 1. The number of halogens is 1. The van der Waals surface area contributed by atoms with Gasteiger partial charge in [0.25, 0.3) is 0 Å². The second kappa shape index (κ2) is 6.59. The van der Waals surface area contributed by atoms with Crippen molar-refractivity contribution >= 4 is 28.8 Å². The summed E-state index contributed by atoms with van der Waals surface area (Å²) in [4.78, 5) is 0.348. The van der Waals surface area contributed by atoms with Crippen molar-refractivity contribution in [3.8, 4) is 11.5 Å². The molecule has 0 saturated carbocycles. The molecule has 0 aliphatic rings. The van der Waals surface area contributed by atoms with Crippen LogP contribution in [-0.2, 0) is 6.61 Å². The molecule has 104 valence electrons. The van der Waals surface area contributed by atoms with Gasteiger partial charge in [0.15, 0.2) is 0 Å². The molecule has 0 atom stereocenters. The van der Waals surface area contributed by atoms with Gasteiger partial charge in [0.2, 0.25) is 0 Å². The quantitative estimate of drug-likeness (QED) is 0.858. The van der Waals surface area contributed by atoms with Crippen molar-refractivity contribution in [3.05, 3.63) is 58.6 Å². The molecule has 0 saturated heterocycles. The molecule has 2 rings (SSSR count). The fourth-order valence-electron chi connectivity index (χ4n) is 1.74. The molecule has 0 aromatic heterocycles. The Kier molecular flexibility index (Phi) is 4.82. The second-order valence-electron chi connectivity index (χ2n) is 4.13. The molecule has 2 aromatic carbocycles. The van der Waals surface area contributed by atoms with Gasteiger partial charge in [0, 0.05) is 16.1 Å². The van der Waals surface area contributed by atoms with Crippen LogP contribution in [0.3, 0.4) is 0 Å². The van der Waals surface area contributed by atoms with E-state index in [1.165, 1.54) is 0 Å². The summed E-state index contributed by atoms with van der Waals surface area (Å²) in [5.74, 6) is 1.47. The maximum atomic E-state index is 5.83. The molecule has 0 amide bonds. The van der Waals surface area contributed by atoms with Gasteiger partial charge in [-0.3, -0.25) is 0 Å². The summed E-state index contributed by atoms with van der Waals surface area (Å²) in [7, 11) is 1.61. The second-order valence-corrected chi connectivity index (χ2v) is 5.01. The van der Waals surface area contributed by atoms with Gasteiger partial charge in [-0.15, -0.1) is 0 Å². The number of ether oxygens (including phenoxy) is 2. The lowest BCUT2D eigenvalue weighted by Crippen LogP contribution is -2.10. The third-order valence-electron chi connectivity index (χ3n) is 2.77. The zero-order valence-electron chi connectivity index (χ0n) is 10.9. The van der Waals surface area contributed by atoms with Crippen LogP contribution in [0.25, 0.3) is 0 Å². The molecule has 2 aromatic rings. The highest BCUT2D eigenvalue weighted by molar-refractivity contribution is 7.80. The third kappa shape index (κ3) is 3.62. The minimum absolute atomic E-state index is 0.348. The first-order valence-electron chi connectivity index (χ1n) is 5.95. The lowest BCUT2D eigenvalue weighted by atomic mass is 10.1. The lowest BCUT2D eigenvalue weighted by molar-refractivity contribution is 0.296. The molecule has 0 bridgehead atoms. The van der Waals surface area contributed by atoms with Crippen LogP contribution in [0.2, 0.25) is 5.02 Å². The van der Waals surface area contributed by atoms with E-state index in [4.69, 9.17) is 39.0 Å². The average Bonchev–Trinajstić information content (AvgIpc) is 2.46. The third-order valence-corrected chi connectivity index (χ3v) is 3.26. The fraction of sp³-hybridized carbons (Fsp3) is 0.133. The highest BCUT2D eigenvalue weighted by Crippen LogP contribution is 2.23. The molecule has 0 aliphatic heterocycles. The SMILES string of the molecule is COc1ccc(C(N)=S)cc1COc1ccc(Cl)cc1. The summed E-state index contributed by atoms with van der Waals surface area (Å²) in [5.41, 5.74) is 7.30. The number of rotatable bonds is 5. The molecule has 0 aliphatic carbocycles. The van der Waals surface area contributed by atoms with E-state index in [9.17, 15) is 0 Å². The monoisotopic (exact) mass is 307 g/mol. The largest absolute Gasteiger partial charge is 0.496 e. The van der Waals surface area contributed by atoms with Gasteiger partial charge < -0.3 is 15.2 Å². The standard InChI is InChI=1S/C15H14ClNO2S/c1-18-14-7-2-10(15(17)20)8-11(14)9-19-13-5-3-12(16)4-6-13/h2-8H,9H2,1H3,(H2,17,20). The van der Waals surface area contributed by atoms with E-state index in [0.717, 1.165) is 22.6 Å². The van der Waals surface area contributed by atoms with Crippen LogP contribution in [0.5, 0.6) is 11.5 Å². The Labute approximate surface area is 128 Å². The van der Waals surface area contributed by atoms with E-state index in [1.807, 2.05) is 30.3 Å². The Balaban J connectivity index is 2.16. The van der Waals surface area contributed by atoms with E-state index in [-0.39, 0.29) is 0 Å². The van der Waals surface area contributed by atoms with Crippen molar-refractivity contribution in [2.75, 3.05) is 7.11 Å². The number of hydrogen-bond acceptors (Lipinski definition) is 3. The molecule has 0 fully saturated rings. The van der Waals surface area contributed by atoms with Gasteiger partial charge in [0.05, 0.1) is 7.11 Å². The van der Waals surface area contributed by atoms with Crippen LogP contribution in [-0.4, -0.2) is 12.1 Å². The van der Waals surface area contributed by atoms with Crippen LogP contribution >= 0.6 is 23.8 Å². The van der Waals surface area contributed by atoms with Crippen LogP contribution in [0.4, 0.5) is 0 Å². The molecule has 5 heteroatoms. The summed E-state index contributed by atoms with van der Waals surface area (Å²) >= 11 is 10.8. The molecule has 0 radical (unpaired) electrons. The Bertz CT molecular complexity index is 614. The predicted molar refractivity (Wildman–Crippen MR) is 84.7 cm³/mol. The summed E-state index contributed by atoms with van der Waals surface area (Å²) in [5, 5.41) is 0.672. The first-order chi connectivity index (χ1) is 9.60. The Hall–Kier alpha value is -1.78. The molecule has 3 nitrogen and oxygen atoms in total. The van der Waals surface area contributed by atoms with Crippen molar-refractivity contribution in [2.45, 2.75) is 6.61 Å². The van der Waals surface area contributed by atoms with Gasteiger partial charge in [-0.05, 0) is 42.5 Å². The van der Waals surface area contributed by atoms with E-state index in [0.29, 0.717) is 16.6 Å². The summed E-state index contributed by atoms with van der Waals surface area (Å²) in [6.45, 7) is 0.362. The zero-order chi connectivity index (χ0) is 14.5. The minimum atomic E-state index is 0.348. The molecule has 0 spiro atoms. The molecular formula is C15H14ClNO2S. The average molecular weight is 308 g/mol. The van der Waals surface area contributed by atoms with Crippen molar-refractivity contribution < 1.29 is 9.47 Å². The smallest absolute Gasteiger partial charge is 0.125 e. The van der Waals surface area contributed by atoms with Crippen molar-refractivity contribution in [1.29, 1.82) is 0 Å². The van der Waals surface area contributed by atoms with Crippen LogP contribution in [0.15, 0.2) is 42.5 Å². The molecule has 20 heavy (non-hydrogen) atoms. The van der Waals surface area contributed by atoms with E-state index in [2.05, 4.69) is 0 Å². The van der Waals surface area contributed by atoms with Crippen molar-refractivity contribution in [3.63, 3.8) is 0 Å². The van der Waals surface area contributed by atoms with Gasteiger partial charge >= 0.3 is 0 Å². The van der Waals surface area contributed by atoms with Crippen LogP contribution < -0.4 is 15.2 Å². The van der Waals surface area contributed by atoms with Gasteiger partial charge in [-0.25, -0.2) is 0 Å². The highest BCUT2D eigenvalue weighted by Gasteiger charge is 2.07. The van der Waals surface area contributed by atoms with E-state index in [1.54, 1.807) is 19.2 Å². The Morgan fingerprint density at radius 3 is 2.50 bits per heavy atom. The molecular weight excluding hydrogens is 294 g/mol. The minimum Gasteiger partial charge on any atom is -0.496 e. The fourth-order valence-corrected chi connectivity index (χ4v) is 1.99. The molecule has 0 heterocycles. The number of hydrogen-bond donors (Lipinski definition) is 1. The van der Waals surface area contributed by atoms with Gasteiger partial charge in [-0.1, -0.05) is 23.8 Å². The number of nitrogens with two attached hydrogens (primary N) is 1. The van der Waals surface area contributed by atoms with E-state index >= 15 is 0 Å². The van der Waals surface area contributed by atoms with Crippen LogP contribution in [0, 0.1) is 0 Å². The predicted octanol–water partition coefficient (Wildman–Crippen LogP) is 3.56. The van der Waals surface area contributed by atoms with Crippen LogP contribution in [0.1, 0.15) is 11.1 Å². The highest BCUT2D eigenvalue weighted by atomic mass is 35.5. The molecule has 2 N–H and O–H groups in total. The lowest BCUT2D eigenvalue weighted by Gasteiger charge is -2.12. The summed E-state index contributed by atoms with van der Waals surface area (Å²) in [6.07, 6.45) is 0. The topological polar surface area (TPSA) is 44.5 Å². The summed E-state index contributed by atoms with van der Waals surface area (Å²) < 4.78 is 11.0. The first kappa shape index (κ1) is 14.6. The molecule has 0 unspecified atom stereocenters. The zero-order valence-corrected chi connectivity index (χ0v) is 12.5. The van der Waals surface area contributed by atoms with Crippen molar-refractivity contribution in [1.82, 2.24) is 0 Å². The Morgan fingerprint density at radius 2 is 1.90 bits per heavy atom. The first-order valence-corrected chi connectivity index (χ1v) is 6.74. The normalized spacial score (nSPS) is 10.1. The van der Waals surface area contributed by atoms with Gasteiger partial charge in [-0.2, -0.15) is 0 Å². The van der Waals surface area contributed by atoms with Gasteiger partial charge in [0.1, 0.15) is 23.1 Å². The maximum absolute atomic E-state index is 5.83. The Morgan fingerprint density at radius 1 is 1.20 bits per heavy atom. The number of thiocarbonyl (C=S) groups is 1.